The fourth-order valence-corrected chi connectivity index (χ4v) is 8.20. The van der Waals surface area contributed by atoms with Gasteiger partial charge in [-0.25, -0.2) is 0 Å². The maximum absolute atomic E-state index is 9.53. The Morgan fingerprint density at radius 3 is 2.30 bits per heavy atom. The van der Waals surface area contributed by atoms with Crippen LogP contribution in [-0.2, 0) is 22.6 Å². The second-order valence-corrected chi connectivity index (χ2v) is 16.3. The molecule has 1 aliphatic rings. The highest BCUT2D eigenvalue weighted by molar-refractivity contribution is 7.26. The van der Waals surface area contributed by atoms with Gasteiger partial charge in [-0.1, -0.05) is 99.6 Å². The van der Waals surface area contributed by atoms with E-state index in [2.05, 4.69) is 90.9 Å². The van der Waals surface area contributed by atoms with Gasteiger partial charge in [0.05, 0.1) is 11.8 Å². The average Bonchev–Trinajstić information content (AvgIpc) is 3.30. The topological polar surface area (TPSA) is 12.9 Å². The van der Waals surface area contributed by atoms with Crippen molar-refractivity contribution in [1.82, 2.24) is 4.98 Å². The first-order valence-electron chi connectivity index (χ1n) is 16.2. The summed E-state index contributed by atoms with van der Waals surface area (Å²) in [5, 5.41) is 4.18. The van der Waals surface area contributed by atoms with Gasteiger partial charge in [-0.15, -0.1) is 11.3 Å². The van der Waals surface area contributed by atoms with Crippen LogP contribution in [0.1, 0.15) is 108 Å². The lowest BCUT2D eigenvalue weighted by Crippen LogP contribution is -2.34. The Bertz CT molecular complexity index is 1930. The van der Waals surface area contributed by atoms with E-state index in [1.165, 1.54) is 27.5 Å². The van der Waals surface area contributed by atoms with Crippen LogP contribution < -0.4 is 0 Å². The van der Waals surface area contributed by atoms with Gasteiger partial charge in [-0.3, -0.25) is 4.98 Å². The zero-order valence-electron chi connectivity index (χ0n) is 28.9. The summed E-state index contributed by atoms with van der Waals surface area (Å²) in [6.45, 7) is 22.0. The van der Waals surface area contributed by atoms with E-state index >= 15 is 0 Å². The van der Waals surface area contributed by atoms with Crippen LogP contribution in [0.2, 0.25) is 0 Å². The fraction of sp³-hybridized carbons (Fsp3) is 0.447. The Balaban J connectivity index is 1.81. The van der Waals surface area contributed by atoms with Crippen molar-refractivity contribution < 1.29 is 4.11 Å². The quantitative estimate of drug-likeness (QED) is 0.213. The molecular formula is C38H45NS. The highest BCUT2D eigenvalue weighted by Crippen LogP contribution is 2.53. The minimum absolute atomic E-state index is 0.0604. The Morgan fingerprint density at radius 2 is 1.60 bits per heavy atom. The molecule has 0 N–H and O–H groups in total. The molecule has 0 aliphatic heterocycles. The third-order valence-electron chi connectivity index (χ3n) is 8.81. The van der Waals surface area contributed by atoms with Gasteiger partial charge in [-0.05, 0) is 92.1 Å². The minimum Gasteiger partial charge on any atom is -0.255 e. The molecule has 1 nitrogen and oxygen atoms in total. The number of aromatic nitrogens is 1. The van der Waals surface area contributed by atoms with Crippen molar-refractivity contribution in [2.75, 3.05) is 0 Å². The van der Waals surface area contributed by atoms with Crippen LogP contribution in [-0.4, -0.2) is 4.98 Å². The maximum Gasteiger partial charge on any atom is 0.0880 e. The van der Waals surface area contributed by atoms with Crippen molar-refractivity contribution in [1.29, 1.82) is 0 Å². The van der Waals surface area contributed by atoms with Crippen LogP contribution in [0.5, 0.6) is 0 Å². The largest absolute Gasteiger partial charge is 0.255 e. The number of hydrogen-bond acceptors (Lipinski definition) is 2. The molecule has 5 aromatic rings. The summed E-state index contributed by atoms with van der Waals surface area (Å²) < 4.78 is 30.4. The molecular weight excluding hydrogens is 502 g/mol. The molecule has 208 valence electrons. The molecule has 6 rings (SSSR count). The number of benzene rings is 3. The van der Waals surface area contributed by atoms with E-state index in [0.29, 0.717) is 11.6 Å². The van der Waals surface area contributed by atoms with Crippen LogP contribution >= 0.6 is 11.3 Å². The molecule has 0 saturated heterocycles. The predicted molar refractivity (Wildman–Crippen MR) is 177 cm³/mol. The van der Waals surface area contributed by atoms with Crippen LogP contribution in [0.4, 0.5) is 0 Å². The van der Waals surface area contributed by atoms with E-state index in [9.17, 15) is 4.11 Å². The van der Waals surface area contributed by atoms with E-state index in [0.717, 1.165) is 44.3 Å². The molecule has 0 bridgehead atoms. The normalized spacial score (nSPS) is 18.5. The molecule has 0 atom stereocenters. The summed E-state index contributed by atoms with van der Waals surface area (Å²) in [7, 11) is 0. The average molecular weight is 551 g/mol. The van der Waals surface area contributed by atoms with Gasteiger partial charge in [-0.2, -0.15) is 0 Å². The lowest BCUT2D eigenvalue weighted by Gasteiger charge is -2.42. The monoisotopic (exact) mass is 550 g/mol. The third-order valence-corrected chi connectivity index (χ3v) is 10.0. The third kappa shape index (κ3) is 4.48. The van der Waals surface area contributed by atoms with Crippen LogP contribution in [0.15, 0.2) is 54.7 Å². The van der Waals surface area contributed by atoms with Gasteiger partial charge >= 0.3 is 0 Å². The number of thiophene rings is 1. The van der Waals surface area contributed by atoms with Crippen molar-refractivity contribution >= 4 is 42.3 Å². The molecule has 0 amide bonds. The molecule has 2 heteroatoms. The van der Waals surface area contributed by atoms with E-state index in [-0.39, 0.29) is 16.2 Å². The lowest BCUT2D eigenvalue weighted by atomic mass is 9.62. The van der Waals surface area contributed by atoms with Gasteiger partial charge in [0.25, 0.3) is 0 Å². The molecule has 0 unspecified atom stereocenters. The Labute approximate surface area is 249 Å². The Hall–Kier alpha value is -2.71. The number of nitrogens with zero attached hydrogens (tertiary/aromatic N) is 1. The summed E-state index contributed by atoms with van der Waals surface area (Å²) >= 11 is 1.73. The second-order valence-electron chi connectivity index (χ2n) is 15.2. The molecule has 1 aliphatic carbocycles. The summed E-state index contributed by atoms with van der Waals surface area (Å²) in [4.78, 5) is 4.95. The summed E-state index contributed by atoms with van der Waals surface area (Å²) in [6, 6.07) is 15.6. The summed E-state index contributed by atoms with van der Waals surface area (Å²) in [5.74, 6) is 0. The minimum atomic E-state index is -1.61. The first kappa shape index (κ1) is 23.9. The van der Waals surface area contributed by atoms with E-state index in [1.54, 1.807) is 17.5 Å². The predicted octanol–water partition coefficient (Wildman–Crippen LogP) is 11.5. The summed E-state index contributed by atoms with van der Waals surface area (Å²) in [5.41, 5.74) is 5.69. The highest BCUT2D eigenvalue weighted by Gasteiger charge is 2.40. The SMILES string of the molecule is [2H]c1cnc(-c2cc(C(C)(C)C)c3ccccc3c2)c2sc3c4c(cc(C([2H])([2H])C(C)(C)C)c3c12)C(C)(C)CCC4(C)C. The van der Waals surface area contributed by atoms with Crippen molar-refractivity contribution in [3.8, 4) is 11.3 Å². The summed E-state index contributed by atoms with van der Waals surface area (Å²) in [6.07, 6.45) is 2.20. The Kier molecular flexibility index (Phi) is 5.32. The van der Waals surface area contributed by atoms with Gasteiger partial charge in [0.1, 0.15) is 0 Å². The molecule has 2 aromatic heterocycles. The maximum atomic E-state index is 9.53. The number of rotatable bonds is 2. The standard InChI is InChI=1S/C38H45NS/c1-35(2,3)22-25-21-29-31(38(9,10)17-16-37(29,7)8)34-30(25)27-15-18-39-32(33(27)40-34)24-19-23-13-11-12-14-26(23)28(20-24)36(4,5)6/h11-15,18-21H,16-17,22H2,1-10H3/i15D,22D2. The highest BCUT2D eigenvalue weighted by atomic mass is 32.1. The second kappa shape index (κ2) is 8.89. The number of pyridine rings is 1. The molecule has 0 spiro atoms. The van der Waals surface area contributed by atoms with E-state index in [1.807, 2.05) is 20.8 Å². The van der Waals surface area contributed by atoms with E-state index in [4.69, 9.17) is 4.98 Å². The molecule has 2 heterocycles. The van der Waals surface area contributed by atoms with Crippen LogP contribution in [0.3, 0.4) is 0 Å². The number of fused-ring (bicyclic) bond motifs is 6. The lowest BCUT2D eigenvalue weighted by molar-refractivity contribution is 0.334. The first-order valence-corrected chi connectivity index (χ1v) is 15.5. The van der Waals surface area contributed by atoms with Crippen LogP contribution in [0.25, 0.3) is 42.2 Å². The number of hydrogen-bond donors (Lipinski definition) is 0. The molecule has 0 saturated carbocycles. The van der Waals surface area contributed by atoms with Crippen LogP contribution in [0, 0.1) is 5.41 Å². The smallest absolute Gasteiger partial charge is 0.0880 e. The van der Waals surface area contributed by atoms with Crippen molar-refractivity contribution in [3.63, 3.8) is 0 Å². The van der Waals surface area contributed by atoms with Gasteiger partial charge in [0.15, 0.2) is 0 Å². The zero-order chi connectivity index (χ0) is 31.5. The van der Waals surface area contributed by atoms with Crippen molar-refractivity contribution in [2.24, 2.45) is 5.41 Å². The van der Waals surface area contributed by atoms with Gasteiger partial charge in [0.2, 0.25) is 0 Å². The van der Waals surface area contributed by atoms with Crippen molar-refractivity contribution in [3.05, 3.63) is 77.0 Å². The van der Waals surface area contributed by atoms with Crippen molar-refractivity contribution in [2.45, 2.75) is 105 Å². The van der Waals surface area contributed by atoms with Gasteiger partial charge in [0, 0.05) is 30.0 Å². The molecule has 0 fully saturated rings. The van der Waals surface area contributed by atoms with Gasteiger partial charge < -0.3 is 0 Å². The van der Waals surface area contributed by atoms with E-state index < -0.39 is 11.8 Å². The zero-order valence-corrected chi connectivity index (χ0v) is 26.7. The molecule has 0 radical (unpaired) electrons. The molecule has 3 aromatic carbocycles. The fourth-order valence-electron chi connectivity index (χ4n) is 6.67. The Morgan fingerprint density at radius 1 is 0.900 bits per heavy atom. The first-order chi connectivity index (χ1) is 19.8. The molecule has 40 heavy (non-hydrogen) atoms.